The third-order valence-corrected chi connectivity index (χ3v) is 5.28. The predicted molar refractivity (Wildman–Crippen MR) is 113 cm³/mol. The molecule has 1 N–H and O–H groups in total. The Hall–Kier alpha value is -2.68. The maximum atomic E-state index is 4.83. The first-order chi connectivity index (χ1) is 12.7. The highest BCUT2D eigenvalue weighted by Crippen LogP contribution is 2.34. The molecule has 2 aromatic carbocycles. The molecular formula is C24H27N3. The van der Waals surface area contributed by atoms with Crippen molar-refractivity contribution in [2.45, 2.75) is 51.9 Å². The Kier molecular flexibility index (Phi) is 4.06. The van der Waals surface area contributed by atoms with Crippen molar-refractivity contribution in [2.24, 2.45) is 0 Å². The molecule has 2 aromatic heterocycles. The molecule has 0 saturated carbocycles. The summed E-state index contributed by atoms with van der Waals surface area (Å²) < 4.78 is 0. The fourth-order valence-electron chi connectivity index (χ4n) is 3.78. The monoisotopic (exact) mass is 357 g/mol. The van der Waals surface area contributed by atoms with Crippen LogP contribution in [0.4, 0.5) is 0 Å². The van der Waals surface area contributed by atoms with E-state index >= 15 is 0 Å². The number of hydrogen-bond acceptors (Lipinski definition) is 2. The number of aromatic nitrogens is 3. The summed E-state index contributed by atoms with van der Waals surface area (Å²) >= 11 is 0. The van der Waals surface area contributed by atoms with Gasteiger partial charge in [-0.1, -0.05) is 65.0 Å². The molecule has 0 aliphatic heterocycles. The topological polar surface area (TPSA) is 41.6 Å². The van der Waals surface area contributed by atoms with E-state index in [2.05, 4.69) is 93.2 Å². The molecule has 0 radical (unpaired) electrons. The van der Waals surface area contributed by atoms with Crippen molar-refractivity contribution in [3.63, 3.8) is 0 Å². The fraction of sp³-hybridized carbons (Fsp3) is 0.333. The second kappa shape index (κ2) is 6.19. The maximum Gasteiger partial charge on any atom is 0.134 e. The van der Waals surface area contributed by atoms with E-state index in [1.165, 1.54) is 22.0 Å². The molecule has 0 atom stereocenters. The Bertz CT molecular complexity index is 1110. The van der Waals surface area contributed by atoms with Crippen molar-refractivity contribution >= 4 is 21.8 Å². The lowest BCUT2D eigenvalue weighted by molar-refractivity contribution is 0.527. The van der Waals surface area contributed by atoms with Crippen LogP contribution >= 0.6 is 0 Å². The van der Waals surface area contributed by atoms with Crippen LogP contribution in [0.2, 0.25) is 0 Å². The van der Waals surface area contributed by atoms with Gasteiger partial charge in [0.05, 0.1) is 5.52 Å². The number of H-pyrrole nitrogens is 1. The average Bonchev–Trinajstić information content (AvgIpc) is 3.05. The molecule has 0 aliphatic rings. The Morgan fingerprint density at radius 1 is 0.963 bits per heavy atom. The second-order valence-corrected chi connectivity index (χ2v) is 9.15. The first kappa shape index (κ1) is 17.7. The molecule has 0 bridgehead atoms. The van der Waals surface area contributed by atoms with Gasteiger partial charge in [0, 0.05) is 34.1 Å². The largest absolute Gasteiger partial charge is 0.361 e. The van der Waals surface area contributed by atoms with Crippen LogP contribution in [0.15, 0.2) is 54.9 Å². The minimum absolute atomic E-state index is 0.0210. The smallest absolute Gasteiger partial charge is 0.134 e. The molecule has 4 aromatic rings. The van der Waals surface area contributed by atoms with E-state index in [0.29, 0.717) is 0 Å². The maximum absolute atomic E-state index is 4.83. The molecule has 0 fully saturated rings. The van der Waals surface area contributed by atoms with Crippen LogP contribution in [0.25, 0.3) is 21.8 Å². The van der Waals surface area contributed by atoms with Crippen LogP contribution in [0.3, 0.4) is 0 Å². The number of benzene rings is 2. The van der Waals surface area contributed by atoms with Crippen molar-refractivity contribution < 1.29 is 0 Å². The van der Waals surface area contributed by atoms with E-state index in [1.54, 1.807) is 0 Å². The zero-order valence-electron chi connectivity index (χ0n) is 16.8. The summed E-state index contributed by atoms with van der Waals surface area (Å²) in [5.41, 5.74) is 4.86. The molecule has 0 unspecified atom stereocenters. The van der Waals surface area contributed by atoms with E-state index in [4.69, 9.17) is 4.98 Å². The van der Waals surface area contributed by atoms with Crippen LogP contribution in [0, 0.1) is 0 Å². The number of aromatic amines is 1. The molecular weight excluding hydrogens is 330 g/mol. The highest BCUT2D eigenvalue weighted by atomic mass is 14.9. The van der Waals surface area contributed by atoms with E-state index < -0.39 is 0 Å². The summed E-state index contributed by atoms with van der Waals surface area (Å²) in [5.74, 6) is 0.892. The summed E-state index contributed by atoms with van der Waals surface area (Å²) in [5, 5.41) is 2.40. The van der Waals surface area contributed by atoms with Crippen LogP contribution in [-0.4, -0.2) is 15.0 Å². The first-order valence-electron chi connectivity index (χ1n) is 9.57. The molecule has 2 heterocycles. The fourth-order valence-corrected chi connectivity index (χ4v) is 3.78. The molecule has 3 heteroatoms. The molecule has 27 heavy (non-hydrogen) atoms. The Labute approximate surface area is 160 Å². The molecule has 3 nitrogen and oxygen atoms in total. The van der Waals surface area contributed by atoms with Crippen molar-refractivity contribution in [1.82, 2.24) is 15.0 Å². The van der Waals surface area contributed by atoms with E-state index in [0.717, 1.165) is 23.1 Å². The first-order valence-corrected chi connectivity index (χ1v) is 9.57. The van der Waals surface area contributed by atoms with Crippen LogP contribution in [-0.2, 0) is 17.3 Å². The molecule has 0 spiro atoms. The van der Waals surface area contributed by atoms with Gasteiger partial charge in [-0.05, 0) is 35.1 Å². The van der Waals surface area contributed by atoms with Gasteiger partial charge in [-0.25, -0.2) is 9.97 Å². The van der Waals surface area contributed by atoms with Crippen molar-refractivity contribution in [1.29, 1.82) is 0 Å². The third kappa shape index (κ3) is 3.34. The highest BCUT2D eigenvalue weighted by Gasteiger charge is 2.25. The van der Waals surface area contributed by atoms with Gasteiger partial charge in [0.2, 0.25) is 0 Å². The zero-order chi connectivity index (χ0) is 19.2. The van der Waals surface area contributed by atoms with E-state index in [9.17, 15) is 0 Å². The number of nitrogens with zero attached hydrogens (tertiary/aromatic N) is 2. The molecule has 0 saturated heterocycles. The highest BCUT2D eigenvalue weighted by molar-refractivity contribution is 5.84. The van der Waals surface area contributed by atoms with E-state index in [1.807, 2.05) is 6.20 Å². The standard InChI is InChI=1S/C24H27N3/c1-23(2,3)22-26-14-17-11-10-16(12-21(17)27-22)13-24(4,5)19-15-25-20-9-7-6-8-18(19)20/h6-12,14-15,25H,13H2,1-5H3. The van der Waals surface area contributed by atoms with Crippen molar-refractivity contribution in [3.8, 4) is 0 Å². The Balaban J connectivity index is 1.71. The molecule has 0 aliphatic carbocycles. The minimum atomic E-state index is -0.0481. The zero-order valence-corrected chi connectivity index (χ0v) is 16.8. The van der Waals surface area contributed by atoms with Gasteiger partial charge in [-0.15, -0.1) is 0 Å². The van der Waals surface area contributed by atoms with Gasteiger partial charge < -0.3 is 4.98 Å². The predicted octanol–water partition coefficient (Wildman–Crippen LogP) is 5.93. The third-order valence-electron chi connectivity index (χ3n) is 5.28. The second-order valence-electron chi connectivity index (χ2n) is 9.15. The van der Waals surface area contributed by atoms with Gasteiger partial charge >= 0.3 is 0 Å². The van der Waals surface area contributed by atoms with Gasteiger partial charge in [0.15, 0.2) is 0 Å². The van der Waals surface area contributed by atoms with Gasteiger partial charge in [0.1, 0.15) is 5.82 Å². The molecule has 0 amide bonds. The summed E-state index contributed by atoms with van der Waals surface area (Å²) in [6.07, 6.45) is 5.06. The summed E-state index contributed by atoms with van der Waals surface area (Å²) in [4.78, 5) is 12.8. The number of rotatable bonds is 3. The van der Waals surface area contributed by atoms with Crippen molar-refractivity contribution in [2.75, 3.05) is 0 Å². The Morgan fingerprint density at radius 3 is 2.52 bits per heavy atom. The lowest BCUT2D eigenvalue weighted by atomic mass is 9.79. The summed E-state index contributed by atoms with van der Waals surface area (Å²) in [7, 11) is 0. The summed E-state index contributed by atoms with van der Waals surface area (Å²) in [6, 6.07) is 15.1. The normalized spacial score (nSPS) is 12.8. The minimum Gasteiger partial charge on any atom is -0.361 e. The van der Waals surface area contributed by atoms with Gasteiger partial charge in [-0.2, -0.15) is 0 Å². The van der Waals surface area contributed by atoms with E-state index in [-0.39, 0.29) is 10.8 Å². The number of fused-ring (bicyclic) bond motifs is 2. The molecule has 4 rings (SSSR count). The van der Waals surface area contributed by atoms with Crippen molar-refractivity contribution in [3.05, 3.63) is 71.8 Å². The van der Waals surface area contributed by atoms with Gasteiger partial charge in [0.25, 0.3) is 0 Å². The SMILES string of the molecule is CC(C)(C)c1ncc2ccc(CC(C)(C)c3c[nH]c4ccccc34)cc2n1. The lowest BCUT2D eigenvalue weighted by Crippen LogP contribution is -2.20. The lowest BCUT2D eigenvalue weighted by Gasteiger charge is -2.25. The summed E-state index contributed by atoms with van der Waals surface area (Å²) in [6.45, 7) is 11.1. The van der Waals surface area contributed by atoms with Crippen LogP contribution in [0.5, 0.6) is 0 Å². The van der Waals surface area contributed by atoms with Gasteiger partial charge in [-0.3, -0.25) is 0 Å². The van der Waals surface area contributed by atoms with Crippen LogP contribution in [0.1, 0.15) is 51.6 Å². The number of para-hydroxylation sites is 1. The van der Waals surface area contributed by atoms with Crippen LogP contribution < -0.4 is 0 Å². The number of nitrogens with one attached hydrogen (secondary N) is 1. The average molecular weight is 358 g/mol. The Morgan fingerprint density at radius 2 is 1.74 bits per heavy atom. The number of hydrogen-bond donors (Lipinski definition) is 1. The quantitative estimate of drug-likeness (QED) is 0.494. The molecule has 138 valence electrons.